The van der Waals surface area contributed by atoms with Crippen molar-refractivity contribution in [2.75, 3.05) is 33.4 Å². The molecule has 2 aromatic carbocycles. The van der Waals surface area contributed by atoms with Gasteiger partial charge in [-0.25, -0.2) is 0 Å². The van der Waals surface area contributed by atoms with Gasteiger partial charge in [-0.3, -0.25) is 4.99 Å². The Morgan fingerprint density at radius 2 is 1.65 bits per heavy atom. The number of aliphatic imine (C=N–C) groups is 1. The van der Waals surface area contributed by atoms with Gasteiger partial charge in [0.25, 0.3) is 0 Å². The van der Waals surface area contributed by atoms with Crippen molar-refractivity contribution in [3.8, 4) is 5.75 Å². The van der Waals surface area contributed by atoms with Gasteiger partial charge in [0, 0.05) is 26.7 Å². The Hall–Kier alpha value is -2.53. The Balaban J connectivity index is 1.68. The average molecular weight is 355 g/mol. The highest BCUT2D eigenvalue weighted by Crippen LogP contribution is 2.14. The van der Waals surface area contributed by atoms with Crippen molar-refractivity contribution in [2.45, 2.75) is 20.0 Å². The minimum atomic E-state index is 0.589. The molecule has 0 unspecified atom stereocenters. The van der Waals surface area contributed by atoms with Crippen molar-refractivity contribution < 1.29 is 9.47 Å². The van der Waals surface area contributed by atoms with Crippen LogP contribution in [0.5, 0.6) is 5.75 Å². The fourth-order valence-corrected chi connectivity index (χ4v) is 2.43. The molecular formula is C21H29N3O2. The van der Waals surface area contributed by atoms with Crippen LogP contribution in [0.1, 0.15) is 18.1 Å². The van der Waals surface area contributed by atoms with Gasteiger partial charge in [-0.15, -0.1) is 0 Å². The second-order valence-corrected chi connectivity index (χ2v) is 5.79. The third-order valence-electron chi connectivity index (χ3n) is 3.84. The number of ether oxygens (including phenoxy) is 2. The molecule has 0 amide bonds. The van der Waals surface area contributed by atoms with E-state index in [0.717, 1.165) is 37.8 Å². The third kappa shape index (κ3) is 7.57. The molecule has 5 heteroatoms. The Morgan fingerprint density at radius 1 is 0.923 bits per heavy atom. The Kier molecular flexibility index (Phi) is 9.08. The zero-order chi connectivity index (χ0) is 18.5. The van der Waals surface area contributed by atoms with E-state index in [9.17, 15) is 0 Å². The summed E-state index contributed by atoms with van der Waals surface area (Å²) in [5.41, 5.74) is 2.43. The van der Waals surface area contributed by atoms with E-state index in [2.05, 4.69) is 39.9 Å². The lowest BCUT2D eigenvalue weighted by atomic mass is 10.1. The van der Waals surface area contributed by atoms with Gasteiger partial charge in [-0.1, -0.05) is 42.5 Å². The lowest BCUT2D eigenvalue weighted by Gasteiger charge is -2.12. The summed E-state index contributed by atoms with van der Waals surface area (Å²) in [4.78, 5) is 4.20. The summed E-state index contributed by atoms with van der Waals surface area (Å²) < 4.78 is 11.1. The monoisotopic (exact) mass is 355 g/mol. The molecule has 0 aliphatic carbocycles. The van der Waals surface area contributed by atoms with Gasteiger partial charge >= 0.3 is 0 Å². The maximum Gasteiger partial charge on any atom is 0.191 e. The van der Waals surface area contributed by atoms with E-state index in [1.54, 1.807) is 7.05 Å². The van der Waals surface area contributed by atoms with Crippen LogP contribution < -0.4 is 15.4 Å². The Morgan fingerprint density at radius 3 is 2.35 bits per heavy atom. The molecule has 0 saturated carbocycles. The smallest absolute Gasteiger partial charge is 0.191 e. The van der Waals surface area contributed by atoms with Crippen LogP contribution in [-0.4, -0.2) is 39.3 Å². The number of hydrogen-bond donors (Lipinski definition) is 2. The van der Waals surface area contributed by atoms with E-state index in [-0.39, 0.29) is 0 Å². The first-order valence-electron chi connectivity index (χ1n) is 9.09. The third-order valence-corrected chi connectivity index (χ3v) is 3.84. The van der Waals surface area contributed by atoms with Crippen LogP contribution in [0.4, 0.5) is 0 Å². The summed E-state index contributed by atoms with van der Waals surface area (Å²) in [5, 5.41) is 6.53. The number of nitrogens with one attached hydrogen (secondary N) is 2. The molecule has 0 fully saturated rings. The molecule has 2 N–H and O–H groups in total. The molecule has 140 valence electrons. The van der Waals surface area contributed by atoms with Gasteiger partial charge in [-0.05, 0) is 36.6 Å². The van der Waals surface area contributed by atoms with E-state index < -0.39 is 0 Å². The first-order valence-corrected chi connectivity index (χ1v) is 9.09. The molecule has 0 heterocycles. The maximum atomic E-state index is 5.81. The van der Waals surface area contributed by atoms with Gasteiger partial charge < -0.3 is 20.1 Å². The second-order valence-electron chi connectivity index (χ2n) is 5.79. The summed E-state index contributed by atoms with van der Waals surface area (Å²) in [7, 11) is 1.77. The van der Waals surface area contributed by atoms with E-state index in [1.165, 1.54) is 11.1 Å². The SMILES string of the molecule is CCOCCNC(=NC)NCCc1ccc(OCc2ccccc2)cc1. The molecule has 0 aliphatic heterocycles. The zero-order valence-electron chi connectivity index (χ0n) is 15.7. The molecule has 0 bridgehead atoms. The molecular weight excluding hydrogens is 326 g/mol. The van der Waals surface area contributed by atoms with Crippen molar-refractivity contribution in [3.05, 3.63) is 65.7 Å². The molecule has 0 radical (unpaired) electrons. The first kappa shape index (κ1) is 19.8. The highest BCUT2D eigenvalue weighted by atomic mass is 16.5. The molecule has 2 aromatic rings. The number of guanidine groups is 1. The predicted octanol–water partition coefficient (Wildman–Crippen LogP) is 3.01. The molecule has 0 saturated heterocycles. The zero-order valence-corrected chi connectivity index (χ0v) is 15.7. The van der Waals surface area contributed by atoms with E-state index in [1.807, 2.05) is 37.3 Å². The lowest BCUT2D eigenvalue weighted by molar-refractivity contribution is 0.152. The maximum absolute atomic E-state index is 5.81. The van der Waals surface area contributed by atoms with Crippen LogP contribution in [0.3, 0.4) is 0 Å². The van der Waals surface area contributed by atoms with Gasteiger partial charge in [0.1, 0.15) is 12.4 Å². The minimum Gasteiger partial charge on any atom is -0.489 e. The van der Waals surface area contributed by atoms with Crippen molar-refractivity contribution in [1.29, 1.82) is 0 Å². The Bertz CT molecular complexity index is 642. The summed E-state index contributed by atoms with van der Waals surface area (Å²) in [6, 6.07) is 18.4. The summed E-state index contributed by atoms with van der Waals surface area (Å²) in [6.07, 6.45) is 0.922. The molecule has 5 nitrogen and oxygen atoms in total. The number of hydrogen-bond acceptors (Lipinski definition) is 3. The first-order chi connectivity index (χ1) is 12.8. The summed E-state index contributed by atoms with van der Waals surface area (Å²) in [5.74, 6) is 1.69. The standard InChI is InChI=1S/C21H29N3O2/c1-3-25-16-15-24-21(22-2)23-14-13-18-9-11-20(12-10-18)26-17-19-7-5-4-6-8-19/h4-12H,3,13-17H2,1-2H3,(H2,22,23,24). The van der Waals surface area contributed by atoms with E-state index in [4.69, 9.17) is 9.47 Å². The number of benzene rings is 2. The Labute approximate surface area is 156 Å². The average Bonchev–Trinajstić information content (AvgIpc) is 2.70. The fourth-order valence-electron chi connectivity index (χ4n) is 2.43. The summed E-state index contributed by atoms with van der Waals surface area (Å²) >= 11 is 0. The van der Waals surface area contributed by atoms with Crippen molar-refractivity contribution in [1.82, 2.24) is 10.6 Å². The number of rotatable bonds is 10. The predicted molar refractivity (Wildman–Crippen MR) is 107 cm³/mol. The molecule has 0 aromatic heterocycles. The van der Waals surface area contributed by atoms with Gasteiger partial charge in [0.2, 0.25) is 0 Å². The highest BCUT2D eigenvalue weighted by molar-refractivity contribution is 5.79. The van der Waals surface area contributed by atoms with Crippen LogP contribution >= 0.6 is 0 Å². The van der Waals surface area contributed by atoms with E-state index >= 15 is 0 Å². The minimum absolute atomic E-state index is 0.589. The van der Waals surface area contributed by atoms with Crippen LogP contribution in [0, 0.1) is 0 Å². The lowest BCUT2D eigenvalue weighted by Crippen LogP contribution is -2.39. The molecule has 0 atom stereocenters. The fraction of sp³-hybridized carbons (Fsp3) is 0.381. The summed E-state index contributed by atoms with van der Waals surface area (Å²) in [6.45, 7) is 5.57. The second kappa shape index (κ2) is 11.9. The highest BCUT2D eigenvalue weighted by Gasteiger charge is 1.99. The molecule has 2 rings (SSSR count). The molecule has 26 heavy (non-hydrogen) atoms. The quantitative estimate of drug-likeness (QED) is 0.391. The van der Waals surface area contributed by atoms with Gasteiger partial charge in [0.15, 0.2) is 5.96 Å². The van der Waals surface area contributed by atoms with Gasteiger partial charge in [0.05, 0.1) is 6.61 Å². The normalized spacial score (nSPS) is 11.2. The van der Waals surface area contributed by atoms with Crippen LogP contribution in [0.2, 0.25) is 0 Å². The molecule has 0 aliphatic rings. The topological polar surface area (TPSA) is 54.9 Å². The largest absolute Gasteiger partial charge is 0.489 e. The molecule has 0 spiro atoms. The van der Waals surface area contributed by atoms with Crippen LogP contribution in [0.25, 0.3) is 0 Å². The van der Waals surface area contributed by atoms with Crippen LogP contribution in [0.15, 0.2) is 59.6 Å². The van der Waals surface area contributed by atoms with Crippen molar-refractivity contribution in [2.24, 2.45) is 4.99 Å². The van der Waals surface area contributed by atoms with E-state index in [0.29, 0.717) is 13.2 Å². The van der Waals surface area contributed by atoms with Crippen LogP contribution in [-0.2, 0) is 17.8 Å². The van der Waals surface area contributed by atoms with Crippen molar-refractivity contribution >= 4 is 5.96 Å². The van der Waals surface area contributed by atoms with Gasteiger partial charge in [-0.2, -0.15) is 0 Å². The van der Waals surface area contributed by atoms with Crippen molar-refractivity contribution in [3.63, 3.8) is 0 Å². The number of nitrogens with zero attached hydrogens (tertiary/aromatic N) is 1.